The van der Waals surface area contributed by atoms with Crippen LogP contribution in [0.1, 0.15) is 17.0 Å². The van der Waals surface area contributed by atoms with Crippen molar-refractivity contribution in [2.24, 2.45) is 0 Å². The molecule has 20 rings (SSSR count). The molecule has 94 heavy (non-hydrogen) atoms. The molecule has 0 radical (unpaired) electrons. The summed E-state index contributed by atoms with van der Waals surface area (Å²) in [5.74, 6) is 0.569. The number of nitriles is 1. The number of hydrogen-bond donors (Lipinski definition) is 0. The highest BCUT2D eigenvalue weighted by Crippen LogP contribution is 2.45. The van der Waals surface area contributed by atoms with Gasteiger partial charge in [0.1, 0.15) is 11.6 Å². The number of benzene rings is 13. The van der Waals surface area contributed by atoms with Crippen molar-refractivity contribution in [1.29, 1.82) is 5.26 Å². The number of aryl methyl sites for hydroxylation is 2. The minimum atomic E-state index is 0.486. The van der Waals surface area contributed by atoms with E-state index in [0.29, 0.717) is 22.8 Å². The maximum Gasteiger partial charge on any atom is 0.159 e. The lowest BCUT2D eigenvalue weighted by Crippen LogP contribution is -2.07. The average Bonchev–Trinajstić information content (AvgIpc) is 1.55. The number of rotatable bonds is 7. The molecule has 0 spiro atoms. The van der Waals surface area contributed by atoms with E-state index in [-0.39, 0.29) is 0 Å². The van der Waals surface area contributed by atoms with E-state index >= 15 is 0 Å². The summed E-state index contributed by atoms with van der Waals surface area (Å²) in [6.07, 6.45) is 0. The molecule has 0 aliphatic carbocycles. The Morgan fingerprint density at radius 3 is 0.702 bits per heavy atom. The van der Waals surface area contributed by atoms with E-state index in [1.54, 1.807) is 0 Å². The Morgan fingerprint density at radius 1 is 0.245 bits per heavy atom. The number of hydrogen-bond acceptors (Lipinski definition) is 3. The van der Waals surface area contributed by atoms with Gasteiger partial charge in [0, 0.05) is 104 Å². The molecule has 438 valence electrons. The van der Waals surface area contributed by atoms with Crippen LogP contribution in [-0.2, 0) is 0 Å². The van der Waals surface area contributed by atoms with Gasteiger partial charge in [-0.3, -0.25) is 0 Å². The molecule has 0 aliphatic rings. The first kappa shape index (κ1) is 52.0. The largest absolute Gasteiger partial charge is 0.309 e. The molecular weight excluding hydrogens is 1150 g/mol. The van der Waals surface area contributed by atoms with Crippen LogP contribution in [0.4, 0.5) is 0 Å². The third-order valence-electron chi connectivity index (χ3n) is 19.8. The number of fused-ring (bicyclic) bond motifs is 18. The molecule has 0 unspecified atom stereocenters. The molecule has 13 aromatic carbocycles. The molecule has 0 saturated carbocycles. The molecule has 0 aliphatic heterocycles. The zero-order valence-corrected chi connectivity index (χ0v) is 51.2. The van der Waals surface area contributed by atoms with E-state index in [1.165, 1.54) is 43.1 Å². The summed E-state index contributed by atoms with van der Waals surface area (Å²) >= 11 is 0. The topological polar surface area (TPSA) is 79.1 Å². The van der Waals surface area contributed by atoms with Gasteiger partial charge in [0.2, 0.25) is 0 Å². The Labute approximate surface area is 537 Å². The maximum absolute atomic E-state index is 12.7. The fourth-order valence-electron chi connectivity index (χ4n) is 15.9. The first-order chi connectivity index (χ1) is 46.4. The van der Waals surface area contributed by atoms with Crippen LogP contribution >= 0.6 is 0 Å². The summed E-state index contributed by atoms with van der Waals surface area (Å²) in [6.45, 7) is 4.06. The molecule has 7 aromatic heterocycles. The van der Waals surface area contributed by atoms with Crippen molar-refractivity contribution in [2.75, 3.05) is 0 Å². The summed E-state index contributed by atoms with van der Waals surface area (Å²) in [5.41, 5.74) is 21.0. The fourth-order valence-corrected chi connectivity index (χ4v) is 15.9. The van der Waals surface area contributed by atoms with Crippen molar-refractivity contribution in [3.8, 4) is 51.6 Å². The Balaban J connectivity index is 0.943. The normalized spacial score (nSPS) is 12.1. The molecule has 7 heterocycles. The monoisotopic (exact) mass is 1200 g/mol. The highest BCUT2D eigenvalue weighted by Gasteiger charge is 2.27. The Bertz CT molecular complexity index is 5780. The Morgan fingerprint density at radius 2 is 0.468 bits per heavy atom. The first-order valence-corrected chi connectivity index (χ1v) is 31.9. The van der Waals surface area contributed by atoms with Crippen molar-refractivity contribution in [1.82, 2.24) is 37.4 Å². The predicted octanol–water partition coefficient (Wildman–Crippen LogP) is 21.2. The molecule has 20 aromatic rings. The molecule has 0 fully saturated rings. The SMILES string of the molecule is Cc1cc(C)nc(-c2cc(-n3c4cc(-n5c6ccccc6c6ccccc65)ccc4c4ccc(-n5c6ccccc6c6ccccc65)cc43)c(C#N)c(-n3c4cc(-n5c6ccccc6c6ccccc65)ccc4c4ccc(-n5c6ccccc6c6ccccc65)cc43)c2)n1. The van der Waals surface area contributed by atoms with E-state index in [9.17, 15) is 5.26 Å². The summed E-state index contributed by atoms with van der Waals surface area (Å²) in [4.78, 5) is 10.5. The van der Waals surface area contributed by atoms with E-state index in [2.05, 4.69) is 313 Å². The van der Waals surface area contributed by atoms with Crippen molar-refractivity contribution in [3.63, 3.8) is 0 Å². The summed E-state index contributed by atoms with van der Waals surface area (Å²) < 4.78 is 14.2. The number of aromatic nitrogens is 8. The molecular formula is C85H53N9. The van der Waals surface area contributed by atoms with Crippen LogP contribution in [-0.4, -0.2) is 37.4 Å². The van der Waals surface area contributed by atoms with Crippen LogP contribution in [0, 0.1) is 25.2 Å². The lowest BCUT2D eigenvalue weighted by atomic mass is 10.0. The molecule has 9 heteroatoms. The highest BCUT2D eigenvalue weighted by atomic mass is 15.1. The van der Waals surface area contributed by atoms with Gasteiger partial charge in [-0.15, -0.1) is 0 Å². The zero-order valence-electron chi connectivity index (χ0n) is 51.2. The van der Waals surface area contributed by atoms with E-state index in [4.69, 9.17) is 9.97 Å². The van der Waals surface area contributed by atoms with Gasteiger partial charge in [-0.25, -0.2) is 9.97 Å². The Hall–Kier alpha value is -12.8. The van der Waals surface area contributed by atoms with Crippen LogP contribution in [0.3, 0.4) is 0 Å². The second-order valence-corrected chi connectivity index (χ2v) is 24.9. The third-order valence-corrected chi connectivity index (χ3v) is 19.8. The van der Waals surface area contributed by atoms with Crippen LogP contribution in [0.5, 0.6) is 0 Å². The fraction of sp³-hybridized carbons (Fsp3) is 0.0235. The van der Waals surface area contributed by atoms with Gasteiger partial charge >= 0.3 is 0 Å². The van der Waals surface area contributed by atoms with Crippen molar-refractivity contribution in [2.45, 2.75) is 13.8 Å². The third kappa shape index (κ3) is 7.33. The van der Waals surface area contributed by atoms with Gasteiger partial charge in [-0.1, -0.05) is 170 Å². The van der Waals surface area contributed by atoms with E-state index < -0.39 is 0 Å². The van der Waals surface area contributed by atoms with Crippen molar-refractivity contribution < 1.29 is 0 Å². The van der Waals surface area contributed by atoms with Crippen LogP contribution in [0.25, 0.3) is 176 Å². The maximum atomic E-state index is 12.7. The van der Waals surface area contributed by atoms with E-state index in [0.717, 1.165) is 127 Å². The van der Waals surface area contributed by atoms with Crippen molar-refractivity contribution >= 4 is 131 Å². The van der Waals surface area contributed by atoms with Gasteiger partial charge in [0.25, 0.3) is 0 Å². The lowest BCUT2D eigenvalue weighted by molar-refractivity contribution is 1.05. The quantitative estimate of drug-likeness (QED) is 0.159. The van der Waals surface area contributed by atoms with Gasteiger partial charge in [-0.05, 0) is 129 Å². The average molecular weight is 1200 g/mol. The second kappa shape index (κ2) is 19.6. The van der Waals surface area contributed by atoms with Crippen LogP contribution in [0.15, 0.2) is 285 Å². The van der Waals surface area contributed by atoms with E-state index in [1.807, 2.05) is 19.9 Å². The van der Waals surface area contributed by atoms with Gasteiger partial charge in [0.05, 0.1) is 77.6 Å². The van der Waals surface area contributed by atoms with Crippen LogP contribution < -0.4 is 0 Å². The van der Waals surface area contributed by atoms with Gasteiger partial charge in [-0.2, -0.15) is 5.26 Å². The summed E-state index contributed by atoms with van der Waals surface area (Å²) in [5, 5.41) is 26.3. The number of para-hydroxylation sites is 8. The summed E-state index contributed by atoms with van der Waals surface area (Å²) in [7, 11) is 0. The lowest BCUT2D eigenvalue weighted by Gasteiger charge is -2.19. The smallest absolute Gasteiger partial charge is 0.159 e. The molecule has 0 atom stereocenters. The second-order valence-electron chi connectivity index (χ2n) is 24.9. The molecule has 0 amide bonds. The minimum Gasteiger partial charge on any atom is -0.309 e. The Kier molecular flexibility index (Phi) is 10.9. The molecule has 0 N–H and O–H groups in total. The molecule has 0 bridgehead atoms. The van der Waals surface area contributed by atoms with Gasteiger partial charge in [0.15, 0.2) is 5.82 Å². The minimum absolute atomic E-state index is 0.486. The number of nitrogens with zero attached hydrogens (tertiary/aromatic N) is 9. The van der Waals surface area contributed by atoms with Crippen LogP contribution in [0.2, 0.25) is 0 Å². The predicted molar refractivity (Wildman–Crippen MR) is 388 cm³/mol. The molecule has 9 nitrogen and oxygen atoms in total. The first-order valence-electron chi connectivity index (χ1n) is 31.9. The van der Waals surface area contributed by atoms with Crippen molar-refractivity contribution in [3.05, 3.63) is 302 Å². The zero-order chi connectivity index (χ0) is 62.0. The summed E-state index contributed by atoms with van der Waals surface area (Å²) in [6, 6.07) is 106. The molecule has 0 saturated heterocycles. The standard InChI is InChI=1S/C85H53N9/c1-51-43-52(2)88-85(87-51)53-44-79(93-81-46-54(89-71-27-11-3-19-58(71)59-20-4-12-28-72(59)89)35-39-66(81)67-40-36-55(47-82(67)93)90-73-29-13-5-21-60(73)61-22-6-14-30-74(61)90)70(50-86)80(45-53)94-83-48-56(91-75-31-15-7-23-62(75)63-24-8-16-32-76(63)91)37-41-68(83)69-42-38-57(49-84(69)94)92-77-33-17-9-25-64(77)65-26-10-18-34-78(65)92/h3-49H,1-2H3. The van der Waals surface area contributed by atoms with Gasteiger partial charge < -0.3 is 27.4 Å². The highest BCUT2D eigenvalue weighted by molar-refractivity contribution is 6.17.